The van der Waals surface area contributed by atoms with Crippen molar-refractivity contribution in [2.24, 2.45) is 0 Å². The number of ether oxygens (including phenoxy) is 1. The summed E-state index contributed by atoms with van der Waals surface area (Å²) in [5, 5.41) is 6.95. The van der Waals surface area contributed by atoms with Crippen molar-refractivity contribution in [1.29, 1.82) is 0 Å². The Morgan fingerprint density at radius 3 is 2.12 bits per heavy atom. The smallest absolute Gasteiger partial charge is 0.338 e. The Labute approximate surface area is 161 Å². The van der Waals surface area contributed by atoms with E-state index < -0.39 is 0 Å². The van der Waals surface area contributed by atoms with E-state index in [0.29, 0.717) is 23.2 Å². The van der Waals surface area contributed by atoms with Gasteiger partial charge in [-0.1, -0.05) is 38.1 Å². The monoisotopic (exact) mass is 370 g/mol. The van der Waals surface area contributed by atoms with Crippen molar-refractivity contribution in [2.75, 3.05) is 11.9 Å². The summed E-state index contributed by atoms with van der Waals surface area (Å²) >= 11 is 5.39. The molecule has 2 rings (SSSR count). The number of anilines is 1. The molecular formula is C21H26N2O2S. The minimum atomic E-state index is -0.321. The van der Waals surface area contributed by atoms with Crippen LogP contribution in [0.1, 0.15) is 61.1 Å². The van der Waals surface area contributed by atoms with Crippen LogP contribution in [-0.2, 0) is 4.74 Å². The first-order valence-corrected chi connectivity index (χ1v) is 9.26. The van der Waals surface area contributed by atoms with Crippen molar-refractivity contribution < 1.29 is 9.53 Å². The molecule has 5 heteroatoms. The predicted octanol–water partition coefficient (Wildman–Crippen LogP) is 5.03. The molecule has 0 aliphatic heterocycles. The lowest BCUT2D eigenvalue weighted by atomic mass is 10.00. The highest BCUT2D eigenvalue weighted by Crippen LogP contribution is 2.19. The molecule has 1 unspecified atom stereocenters. The maximum atomic E-state index is 11.7. The molecule has 2 aromatic rings. The van der Waals surface area contributed by atoms with E-state index in [2.05, 4.69) is 55.7 Å². The molecule has 1 atom stereocenters. The molecule has 0 spiro atoms. The first-order valence-electron chi connectivity index (χ1n) is 8.85. The van der Waals surface area contributed by atoms with E-state index >= 15 is 0 Å². The molecule has 0 heterocycles. The van der Waals surface area contributed by atoms with Gasteiger partial charge in [0, 0.05) is 5.69 Å². The van der Waals surface area contributed by atoms with Crippen LogP contribution in [-0.4, -0.2) is 17.7 Å². The molecule has 0 saturated carbocycles. The van der Waals surface area contributed by atoms with Crippen LogP contribution in [0, 0.1) is 0 Å². The zero-order valence-corrected chi connectivity index (χ0v) is 16.5. The van der Waals surface area contributed by atoms with E-state index in [1.54, 1.807) is 19.1 Å². The lowest BCUT2D eigenvalue weighted by Crippen LogP contribution is -2.30. The fourth-order valence-electron chi connectivity index (χ4n) is 2.52. The van der Waals surface area contributed by atoms with E-state index in [1.807, 2.05) is 12.1 Å². The van der Waals surface area contributed by atoms with Crippen LogP contribution in [0.15, 0.2) is 48.5 Å². The molecule has 0 saturated heterocycles. The fourth-order valence-corrected chi connectivity index (χ4v) is 2.82. The van der Waals surface area contributed by atoms with Crippen molar-refractivity contribution >= 4 is 29.0 Å². The number of hydrogen-bond donors (Lipinski definition) is 2. The highest BCUT2D eigenvalue weighted by atomic mass is 32.1. The van der Waals surface area contributed by atoms with Gasteiger partial charge in [-0.3, -0.25) is 0 Å². The molecule has 4 nitrogen and oxygen atoms in total. The summed E-state index contributed by atoms with van der Waals surface area (Å²) in [4.78, 5) is 11.7. The molecule has 138 valence electrons. The van der Waals surface area contributed by atoms with Crippen LogP contribution in [0.3, 0.4) is 0 Å². The summed E-state index contributed by atoms with van der Waals surface area (Å²) in [6.07, 6.45) is 0. The lowest BCUT2D eigenvalue weighted by Gasteiger charge is -2.18. The average molecular weight is 371 g/mol. The Bertz CT molecular complexity index is 740. The summed E-state index contributed by atoms with van der Waals surface area (Å²) in [6, 6.07) is 15.7. The zero-order valence-electron chi connectivity index (χ0n) is 15.7. The summed E-state index contributed by atoms with van der Waals surface area (Å²) in [5.74, 6) is 0.200. The third-order valence-electron chi connectivity index (χ3n) is 4.10. The molecule has 2 N–H and O–H groups in total. The summed E-state index contributed by atoms with van der Waals surface area (Å²) < 4.78 is 4.98. The van der Waals surface area contributed by atoms with Crippen LogP contribution >= 0.6 is 12.2 Å². The SMILES string of the molecule is CCOC(=O)c1ccc(NC(=S)NC(C)c2ccc(C(C)C)cc2)cc1. The van der Waals surface area contributed by atoms with Crippen LogP contribution in [0.4, 0.5) is 5.69 Å². The maximum absolute atomic E-state index is 11.7. The topological polar surface area (TPSA) is 50.4 Å². The Morgan fingerprint density at radius 1 is 1.00 bits per heavy atom. The van der Waals surface area contributed by atoms with Crippen molar-refractivity contribution in [3.05, 3.63) is 65.2 Å². The lowest BCUT2D eigenvalue weighted by molar-refractivity contribution is 0.0526. The second kappa shape index (κ2) is 9.34. The number of carbonyl (C=O) groups is 1. The second-order valence-electron chi connectivity index (χ2n) is 6.44. The Morgan fingerprint density at radius 2 is 1.58 bits per heavy atom. The minimum Gasteiger partial charge on any atom is -0.462 e. The first-order chi connectivity index (χ1) is 12.4. The number of hydrogen-bond acceptors (Lipinski definition) is 3. The summed E-state index contributed by atoms with van der Waals surface area (Å²) in [6.45, 7) is 8.59. The van der Waals surface area contributed by atoms with E-state index in [0.717, 1.165) is 5.69 Å². The number of rotatable bonds is 6. The quantitative estimate of drug-likeness (QED) is 0.551. The van der Waals surface area contributed by atoms with E-state index in [-0.39, 0.29) is 12.0 Å². The van der Waals surface area contributed by atoms with Crippen molar-refractivity contribution in [1.82, 2.24) is 5.32 Å². The maximum Gasteiger partial charge on any atom is 0.338 e. The molecule has 0 amide bonds. The van der Waals surface area contributed by atoms with Crippen molar-refractivity contribution in [3.63, 3.8) is 0 Å². The van der Waals surface area contributed by atoms with Gasteiger partial charge in [0.25, 0.3) is 0 Å². The van der Waals surface area contributed by atoms with E-state index in [1.165, 1.54) is 11.1 Å². The van der Waals surface area contributed by atoms with Gasteiger partial charge in [0.2, 0.25) is 0 Å². The Hall–Kier alpha value is -2.40. The third kappa shape index (κ3) is 5.56. The number of esters is 1. The number of nitrogens with one attached hydrogen (secondary N) is 2. The standard InChI is InChI=1S/C21H26N2O2S/c1-5-25-20(24)18-10-12-19(13-11-18)23-21(26)22-15(4)17-8-6-16(7-9-17)14(2)3/h6-15H,5H2,1-4H3,(H2,22,23,26). The molecular weight excluding hydrogens is 344 g/mol. The van der Waals surface area contributed by atoms with Gasteiger partial charge >= 0.3 is 5.97 Å². The largest absolute Gasteiger partial charge is 0.462 e. The van der Waals surface area contributed by atoms with Gasteiger partial charge in [0.05, 0.1) is 18.2 Å². The van der Waals surface area contributed by atoms with E-state index in [4.69, 9.17) is 17.0 Å². The zero-order chi connectivity index (χ0) is 19.1. The van der Waals surface area contributed by atoms with E-state index in [9.17, 15) is 4.79 Å². The minimum absolute atomic E-state index is 0.0926. The van der Waals surface area contributed by atoms with Crippen molar-refractivity contribution in [2.45, 2.75) is 39.7 Å². The van der Waals surface area contributed by atoms with Crippen molar-refractivity contribution in [3.8, 4) is 0 Å². The summed E-state index contributed by atoms with van der Waals surface area (Å²) in [5.41, 5.74) is 3.84. The molecule has 2 aromatic carbocycles. The number of benzene rings is 2. The first kappa shape index (κ1) is 19.9. The van der Waals surface area contributed by atoms with Crippen LogP contribution in [0.25, 0.3) is 0 Å². The second-order valence-corrected chi connectivity index (χ2v) is 6.85. The van der Waals surface area contributed by atoms with Gasteiger partial charge in [-0.05, 0) is 67.4 Å². The Balaban J connectivity index is 1.92. The Kier molecular flexibility index (Phi) is 7.16. The average Bonchev–Trinajstić information content (AvgIpc) is 2.62. The van der Waals surface area contributed by atoms with Gasteiger partial charge in [-0.2, -0.15) is 0 Å². The molecule has 26 heavy (non-hydrogen) atoms. The van der Waals surface area contributed by atoms with Gasteiger partial charge in [-0.25, -0.2) is 4.79 Å². The van der Waals surface area contributed by atoms with Gasteiger partial charge in [-0.15, -0.1) is 0 Å². The van der Waals surface area contributed by atoms with Crippen LogP contribution in [0.2, 0.25) is 0 Å². The predicted molar refractivity (Wildman–Crippen MR) is 111 cm³/mol. The van der Waals surface area contributed by atoms with Crippen LogP contribution < -0.4 is 10.6 Å². The fraction of sp³-hybridized carbons (Fsp3) is 0.333. The number of thiocarbonyl (C=S) groups is 1. The molecule has 0 aliphatic carbocycles. The highest BCUT2D eigenvalue weighted by Gasteiger charge is 2.09. The van der Waals surface area contributed by atoms with Gasteiger partial charge in [0.15, 0.2) is 5.11 Å². The van der Waals surface area contributed by atoms with Gasteiger partial charge < -0.3 is 15.4 Å². The molecule has 0 radical (unpaired) electrons. The highest BCUT2D eigenvalue weighted by molar-refractivity contribution is 7.80. The van der Waals surface area contributed by atoms with Gasteiger partial charge in [0.1, 0.15) is 0 Å². The molecule has 0 fully saturated rings. The normalized spacial score (nSPS) is 11.7. The molecule has 0 aromatic heterocycles. The summed E-state index contributed by atoms with van der Waals surface area (Å²) in [7, 11) is 0. The van der Waals surface area contributed by atoms with Crippen LogP contribution in [0.5, 0.6) is 0 Å². The molecule has 0 aliphatic rings. The molecule has 0 bridgehead atoms. The third-order valence-corrected chi connectivity index (χ3v) is 4.32. The number of carbonyl (C=O) groups excluding carboxylic acids is 1.